The van der Waals surface area contributed by atoms with Gasteiger partial charge in [-0.2, -0.15) is 0 Å². The number of ether oxygens (including phenoxy) is 1. The van der Waals surface area contributed by atoms with Gasteiger partial charge in [-0.05, 0) is 58.4 Å². The van der Waals surface area contributed by atoms with Crippen molar-refractivity contribution in [1.29, 1.82) is 0 Å². The summed E-state index contributed by atoms with van der Waals surface area (Å²) in [6, 6.07) is 3.31. The molecule has 6 heteroatoms. The molecule has 0 aliphatic heterocycles. The van der Waals surface area contributed by atoms with Gasteiger partial charge in [0, 0.05) is 12.8 Å². The van der Waals surface area contributed by atoms with Crippen LogP contribution in [0.25, 0.3) is 0 Å². The smallest absolute Gasteiger partial charge is 0.171 e. The molecule has 0 saturated carbocycles. The minimum atomic E-state index is -0.779. The fourth-order valence-corrected chi connectivity index (χ4v) is 2.67. The van der Waals surface area contributed by atoms with E-state index in [2.05, 4.69) is 5.73 Å². The van der Waals surface area contributed by atoms with Gasteiger partial charge in [-0.15, -0.1) is 5.73 Å². The lowest BCUT2D eigenvalue weighted by molar-refractivity contribution is 0.0950. The van der Waals surface area contributed by atoms with E-state index in [1.165, 1.54) is 7.11 Å². The zero-order valence-electron chi connectivity index (χ0n) is 13.3. The van der Waals surface area contributed by atoms with Crippen LogP contribution in [0, 0.1) is 3.57 Å². The van der Waals surface area contributed by atoms with Crippen molar-refractivity contribution in [2.75, 3.05) is 13.7 Å². The van der Waals surface area contributed by atoms with Crippen molar-refractivity contribution in [3.63, 3.8) is 0 Å². The Labute approximate surface area is 150 Å². The predicted octanol–water partition coefficient (Wildman–Crippen LogP) is 2.66. The SMILES string of the molecule is CCC(=C=CC[C@@H](O)c1cc(I)c(O)c(OC)c1)C[C@@H](O)CO. The molecule has 0 radical (unpaired) electrons. The molecule has 4 N–H and O–H groups in total. The number of benzene rings is 1. The first-order chi connectivity index (χ1) is 10.9. The van der Waals surface area contributed by atoms with E-state index in [4.69, 9.17) is 9.84 Å². The molecule has 0 spiro atoms. The largest absolute Gasteiger partial charge is 0.504 e. The van der Waals surface area contributed by atoms with Crippen molar-refractivity contribution in [3.05, 3.63) is 38.6 Å². The van der Waals surface area contributed by atoms with Crippen molar-refractivity contribution in [3.8, 4) is 11.5 Å². The number of phenolic OH excluding ortho intramolecular Hbond substituents is 1. The summed E-state index contributed by atoms with van der Waals surface area (Å²) in [4.78, 5) is 0. The number of aromatic hydroxyl groups is 1. The van der Waals surface area contributed by atoms with Gasteiger partial charge in [-0.25, -0.2) is 0 Å². The van der Waals surface area contributed by atoms with Crippen LogP contribution in [0.3, 0.4) is 0 Å². The summed E-state index contributed by atoms with van der Waals surface area (Å²) in [7, 11) is 1.46. The number of hydrogen-bond acceptors (Lipinski definition) is 5. The Kier molecular flexibility index (Phi) is 8.65. The van der Waals surface area contributed by atoms with Gasteiger partial charge >= 0.3 is 0 Å². The Morgan fingerprint density at radius 2 is 2.09 bits per heavy atom. The second-order valence-corrected chi connectivity index (χ2v) is 6.31. The van der Waals surface area contributed by atoms with Gasteiger partial charge in [0.2, 0.25) is 0 Å². The van der Waals surface area contributed by atoms with E-state index in [0.29, 0.717) is 34.1 Å². The first-order valence-corrected chi connectivity index (χ1v) is 8.47. The summed E-state index contributed by atoms with van der Waals surface area (Å²) in [6.45, 7) is 1.67. The molecule has 0 aliphatic carbocycles. The molecule has 0 unspecified atom stereocenters. The lowest BCUT2D eigenvalue weighted by Crippen LogP contribution is -2.12. The van der Waals surface area contributed by atoms with Crippen LogP contribution < -0.4 is 4.74 Å². The van der Waals surface area contributed by atoms with E-state index >= 15 is 0 Å². The highest BCUT2D eigenvalue weighted by Crippen LogP contribution is 2.35. The molecule has 0 saturated heterocycles. The zero-order chi connectivity index (χ0) is 17.4. The Hall–Kier alpha value is -1.05. The lowest BCUT2D eigenvalue weighted by Gasteiger charge is -2.12. The quantitative estimate of drug-likeness (QED) is 0.373. The molecule has 5 nitrogen and oxygen atoms in total. The van der Waals surface area contributed by atoms with Gasteiger partial charge in [0.1, 0.15) is 0 Å². The van der Waals surface area contributed by atoms with Gasteiger partial charge in [-0.3, -0.25) is 0 Å². The molecule has 128 valence electrons. The molecule has 0 fully saturated rings. The van der Waals surface area contributed by atoms with Crippen LogP contribution in [-0.2, 0) is 0 Å². The molecule has 1 aromatic rings. The summed E-state index contributed by atoms with van der Waals surface area (Å²) in [5.74, 6) is 0.386. The van der Waals surface area contributed by atoms with Crippen LogP contribution in [0.1, 0.15) is 37.9 Å². The number of rotatable bonds is 8. The number of hydrogen-bond donors (Lipinski definition) is 4. The first-order valence-electron chi connectivity index (χ1n) is 7.39. The monoisotopic (exact) mass is 434 g/mol. The van der Waals surface area contributed by atoms with Gasteiger partial charge in [-0.1, -0.05) is 6.92 Å². The van der Waals surface area contributed by atoms with Gasteiger partial charge in [0.25, 0.3) is 0 Å². The summed E-state index contributed by atoms with van der Waals surface area (Å²) in [5, 5.41) is 38.4. The Bertz CT molecular complexity index is 579. The summed E-state index contributed by atoms with van der Waals surface area (Å²) >= 11 is 1.98. The summed E-state index contributed by atoms with van der Waals surface area (Å²) < 4.78 is 5.69. The molecule has 0 bridgehead atoms. The average molecular weight is 434 g/mol. The molecule has 0 aromatic heterocycles. The number of halogens is 1. The van der Waals surface area contributed by atoms with Crippen molar-refractivity contribution < 1.29 is 25.2 Å². The van der Waals surface area contributed by atoms with Crippen molar-refractivity contribution >= 4 is 22.6 Å². The third kappa shape index (κ3) is 6.16. The van der Waals surface area contributed by atoms with E-state index in [-0.39, 0.29) is 12.4 Å². The topological polar surface area (TPSA) is 90.2 Å². The molecule has 1 aromatic carbocycles. The molecule has 1 rings (SSSR count). The number of phenols is 1. The minimum absolute atomic E-state index is 0.0609. The fourth-order valence-electron chi connectivity index (χ4n) is 2.05. The van der Waals surface area contributed by atoms with Crippen LogP contribution in [0.4, 0.5) is 0 Å². The second kappa shape index (κ2) is 9.95. The van der Waals surface area contributed by atoms with Crippen molar-refractivity contribution in [1.82, 2.24) is 0 Å². The summed E-state index contributed by atoms with van der Waals surface area (Å²) in [5.41, 5.74) is 4.60. The van der Waals surface area contributed by atoms with E-state index in [9.17, 15) is 15.3 Å². The van der Waals surface area contributed by atoms with Crippen LogP contribution in [0.2, 0.25) is 0 Å². The third-order valence-electron chi connectivity index (χ3n) is 3.42. The molecule has 0 heterocycles. The highest BCUT2D eigenvalue weighted by molar-refractivity contribution is 14.1. The fraction of sp³-hybridized carbons (Fsp3) is 0.471. The highest BCUT2D eigenvalue weighted by Gasteiger charge is 2.13. The maximum Gasteiger partial charge on any atom is 0.171 e. The Balaban J connectivity index is 2.85. The van der Waals surface area contributed by atoms with E-state index < -0.39 is 12.2 Å². The second-order valence-electron chi connectivity index (χ2n) is 5.15. The maximum atomic E-state index is 10.3. The van der Waals surface area contributed by atoms with Gasteiger partial charge < -0.3 is 25.2 Å². The Morgan fingerprint density at radius 1 is 1.39 bits per heavy atom. The molecular formula is C17H23IO5. The predicted molar refractivity (Wildman–Crippen MR) is 96.5 cm³/mol. The van der Waals surface area contributed by atoms with Gasteiger partial charge in [0.15, 0.2) is 11.5 Å². The summed E-state index contributed by atoms with van der Waals surface area (Å²) in [6.07, 6.45) is 1.63. The third-order valence-corrected chi connectivity index (χ3v) is 4.24. The van der Waals surface area contributed by atoms with Crippen LogP contribution in [0.5, 0.6) is 11.5 Å². The lowest BCUT2D eigenvalue weighted by atomic mass is 10.0. The van der Waals surface area contributed by atoms with Crippen molar-refractivity contribution in [2.24, 2.45) is 0 Å². The maximum absolute atomic E-state index is 10.3. The van der Waals surface area contributed by atoms with E-state index in [1.54, 1.807) is 18.2 Å². The molecule has 2 atom stereocenters. The van der Waals surface area contributed by atoms with Crippen molar-refractivity contribution in [2.45, 2.75) is 38.4 Å². The number of aliphatic hydroxyl groups excluding tert-OH is 3. The number of methoxy groups -OCH3 is 1. The standard InChI is InChI=1S/C17H23IO5/c1-3-11(7-13(20)10-19)5-4-6-15(21)12-8-14(18)17(22)16(9-12)23-2/h4,8-9,13,15,19-22H,3,6-7,10H2,1-2H3/t5?,13-,15-/m1/s1. The minimum Gasteiger partial charge on any atom is -0.504 e. The average Bonchev–Trinajstić information content (AvgIpc) is 2.55. The Morgan fingerprint density at radius 3 is 2.65 bits per heavy atom. The molecule has 0 aliphatic rings. The van der Waals surface area contributed by atoms with Crippen LogP contribution in [0.15, 0.2) is 29.5 Å². The first kappa shape index (κ1) is 20.0. The molecule has 23 heavy (non-hydrogen) atoms. The highest BCUT2D eigenvalue weighted by atomic mass is 127. The molecule has 0 amide bonds. The van der Waals surface area contributed by atoms with Gasteiger partial charge in [0.05, 0.1) is 29.5 Å². The molecular weight excluding hydrogens is 411 g/mol. The zero-order valence-corrected chi connectivity index (χ0v) is 15.4. The normalized spacial score (nSPS) is 13.1. The van der Waals surface area contributed by atoms with Crippen LogP contribution >= 0.6 is 22.6 Å². The van der Waals surface area contributed by atoms with Crippen LogP contribution in [-0.4, -0.2) is 40.2 Å². The number of aliphatic hydroxyl groups is 3. The van der Waals surface area contributed by atoms with E-state index in [0.717, 1.165) is 5.57 Å². The van der Waals surface area contributed by atoms with E-state index in [1.807, 2.05) is 29.5 Å².